The van der Waals surface area contributed by atoms with Gasteiger partial charge in [0.1, 0.15) is 17.3 Å². The highest BCUT2D eigenvalue weighted by molar-refractivity contribution is 5.92. The summed E-state index contributed by atoms with van der Waals surface area (Å²) in [6, 6.07) is 6.31. The molecular formula is C19H23FN4O2. The molecule has 0 radical (unpaired) electrons. The number of ether oxygens (including phenoxy) is 1. The van der Waals surface area contributed by atoms with Crippen molar-refractivity contribution in [1.29, 1.82) is 0 Å². The number of amides is 1. The molecule has 7 heteroatoms. The van der Waals surface area contributed by atoms with Crippen LogP contribution >= 0.6 is 0 Å². The maximum atomic E-state index is 13.5. The monoisotopic (exact) mass is 358 g/mol. The number of fused-ring (bicyclic) bond motifs is 1. The van der Waals surface area contributed by atoms with Gasteiger partial charge in [0, 0.05) is 24.4 Å². The average Bonchev–Trinajstić information content (AvgIpc) is 3.08. The number of piperidine rings is 1. The maximum absolute atomic E-state index is 13.5. The number of benzene rings is 1. The van der Waals surface area contributed by atoms with Crippen LogP contribution in [0.3, 0.4) is 0 Å². The molecule has 138 valence electrons. The minimum Gasteiger partial charge on any atom is -0.493 e. The van der Waals surface area contributed by atoms with Gasteiger partial charge in [0.2, 0.25) is 0 Å². The van der Waals surface area contributed by atoms with E-state index >= 15 is 0 Å². The summed E-state index contributed by atoms with van der Waals surface area (Å²) in [5.41, 5.74) is 1.22. The fourth-order valence-electron chi connectivity index (χ4n) is 3.65. The first-order chi connectivity index (χ1) is 12.7. The standard InChI is InChI=1S/C19H23FN4O2/c20-13-5-6-15-16(4-2-10-26-18(15)11-13)22-19(25)17-7-9-24(23-17)14-3-1-8-21-12-14/h5-7,9,11,14,16,21H,1-4,8,10,12H2,(H,22,25). The van der Waals surface area contributed by atoms with E-state index < -0.39 is 0 Å². The zero-order valence-electron chi connectivity index (χ0n) is 14.6. The first kappa shape index (κ1) is 17.0. The summed E-state index contributed by atoms with van der Waals surface area (Å²) in [5, 5.41) is 10.9. The molecule has 0 saturated carbocycles. The smallest absolute Gasteiger partial charge is 0.272 e. The Morgan fingerprint density at radius 3 is 3.08 bits per heavy atom. The SMILES string of the molecule is O=C(NC1CCCOc2cc(F)ccc21)c1ccn(C2CCCNC2)n1. The molecule has 1 aromatic heterocycles. The Kier molecular flexibility index (Phi) is 4.88. The number of carbonyl (C=O) groups is 1. The largest absolute Gasteiger partial charge is 0.493 e. The van der Waals surface area contributed by atoms with Gasteiger partial charge in [-0.15, -0.1) is 0 Å². The molecule has 0 spiro atoms. The third kappa shape index (κ3) is 3.58. The van der Waals surface area contributed by atoms with Crippen LogP contribution in [0.1, 0.15) is 53.8 Å². The number of nitrogens with one attached hydrogen (secondary N) is 2. The van der Waals surface area contributed by atoms with E-state index in [0.29, 0.717) is 24.1 Å². The van der Waals surface area contributed by atoms with Crippen molar-refractivity contribution in [3.63, 3.8) is 0 Å². The van der Waals surface area contributed by atoms with Crippen molar-refractivity contribution in [2.24, 2.45) is 0 Å². The third-order valence-electron chi connectivity index (χ3n) is 5.04. The summed E-state index contributed by atoms with van der Waals surface area (Å²) in [7, 11) is 0. The van der Waals surface area contributed by atoms with Crippen molar-refractivity contribution in [2.75, 3.05) is 19.7 Å². The van der Waals surface area contributed by atoms with Gasteiger partial charge < -0.3 is 15.4 Å². The number of hydrogen-bond donors (Lipinski definition) is 2. The van der Waals surface area contributed by atoms with Crippen LogP contribution in [0.25, 0.3) is 0 Å². The molecule has 1 saturated heterocycles. The normalized spacial score (nSPS) is 22.8. The fourth-order valence-corrected chi connectivity index (χ4v) is 3.65. The van der Waals surface area contributed by atoms with Crippen molar-refractivity contribution in [1.82, 2.24) is 20.4 Å². The zero-order chi connectivity index (χ0) is 17.9. The summed E-state index contributed by atoms with van der Waals surface area (Å²) in [6.07, 6.45) is 5.59. The number of carbonyl (C=O) groups excluding carboxylic acids is 1. The minimum absolute atomic E-state index is 0.206. The summed E-state index contributed by atoms with van der Waals surface area (Å²) < 4.78 is 21.0. The Morgan fingerprint density at radius 1 is 1.31 bits per heavy atom. The molecule has 3 heterocycles. The van der Waals surface area contributed by atoms with Crippen LogP contribution in [0.5, 0.6) is 5.75 Å². The lowest BCUT2D eigenvalue weighted by molar-refractivity contribution is 0.0928. The molecule has 0 aliphatic carbocycles. The first-order valence-corrected chi connectivity index (χ1v) is 9.20. The number of aromatic nitrogens is 2. The second kappa shape index (κ2) is 7.45. The summed E-state index contributed by atoms with van der Waals surface area (Å²) >= 11 is 0. The molecule has 2 N–H and O–H groups in total. The van der Waals surface area contributed by atoms with Crippen LogP contribution in [-0.2, 0) is 0 Å². The summed E-state index contributed by atoms with van der Waals surface area (Å²) in [4.78, 5) is 12.7. The Hall–Kier alpha value is -2.41. The predicted molar refractivity (Wildman–Crippen MR) is 94.7 cm³/mol. The molecule has 6 nitrogen and oxygen atoms in total. The minimum atomic E-state index is -0.337. The van der Waals surface area contributed by atoms with Gasteiger partial charge >= 0.3 is 0 Å². The van der Waals surface area contributed by atoms with Crippen molar-refractivity contribution >= 4 is 5.91 Å². The van der Waals surface area contributed by atoms with E-state index in [4.69, 9.17) is 4.74 Å². The van der Waals surface area contributed by atoms with Gasteiger partial charge in [-0.3, -0.25) is 9.48 Å². The molecule has 2 unspecified atom stereocenters. The Bertz CT molecular complexity index is 786. The Morgan fingerprint density at radius 2 is 2.23 bits per heavy atom. The molecular weight excluding hydrogens is 335 g/mol. The van der Waals surface area contributed by atoms with E-state index in [1.165, 1.54) is 12.1 Å². The van der Waals surface area contributed by atoms with Crippen LogP contribution in [0.2, 0.25) is 0 Å². The lowest BCUT2D eigenvalue weighted by Crippen LogP contribution is -2.32. The van der Waals surface area contributed by atoms with Gasteiger partial charge in [-0.1, -0.05) is 6.07 Å². The lowest BCUT2D eigenvalue weighted by atomic mass is 10.0. The van der Waals surface area contributed by atoms with Crippen molar-refractivity contribution in [2.45, 2.75) is 37.8 Å². The van der Waals surface area contributed by atoms with Crippen LogP contribution in [0.15, 0.2) is 30.5 Å². The quantitative estimate of drug-likeness (QED) is 0.885. The summed E-state index contributed by atoms with van der Waals surface area (Å²) in [5.74, 6) is -0.0446. The molecule has 1 amide bonds. The maximum Gasteiger partial charge on any atom is 0.272 e. The van der Waals surface area contributed by atoms with Gasteiger partial charge in [-0.05, 0) is 44.4 Å². The molecule has 2 aliphatic heterocycles. The highest BCUT2D eigenvalue weighted by Crippen LogP contribution is 2.32. The van der Waals surface area contributed by atoms with Crippen molar-refractivity contribution in [3.05, 3.63) is 47.5 Å². The van der Waals surface area contributed by atoms with Gasteiger partial charge in [0.25, 0.3) is 5.91 Å². The van der Waals surface area contributed by atoms with E-state index in [0.717, 1.165) is 44.3 Å². The summed E-state index contributed by atoms with van der Waals surface area (Å²) in [6.45, 7) is 2.43. The van der Waals surface area contributed by atoms with E-state index in [9.17, 15) is 9.18 Å². The van der Waals surface area contributed by atoms with Gasteiger partial charge in [0.05, 0.1) is 18.7 Å². The molecule has 2 aliphatic rings. The molecule has 1 fully saturated rings. The van der Waals surface area contributed by atoms with Crippen LogP contribution < -0.4 is 15.4 Å². The highest BCUT2D eigenvalue weighted by atomic mass is 19.1. The number of hydrogen-bond acceptors (Lipinski definition) is 4. The molecule has 1 aromatic carbocycles. The second-order valence-corrected chi connectivity index (χ2v) is 6.88. The Labute approximate surface area is 151 Å². The van der Waals surface area contributed by atoms with Gasteiger partial charge in [0.15, 0.2) is 0 Å². The number of rotatable bonds is 3. The van der Waals surface area contributed by atoms with Gasteiger partial charge in [-0.25, -0.2) is 4.39 Å². The van der Waals surface area contributed by atoms with E-state index in [-0.39, 0.29) is 17.8 Å². The van der Waals surface area contributed by atoms with Crippen LogP contribution in [0, 0.1) is 5.82 Å². The lowest BCUT2D eigenvalue weighted by Gasteiger charge is -2.23. The van der Waals surface area contributed by atoms with Crippen molar-refractivity contribution in [3.8, 4) is 5.75 Å². The average molecular weight is 358 g/mol. The van der Waals surface area contributed by atoms with Gasteiger partial charge in [-0.2, -0.15) is 5.10 Å². The second-order valence-electron chi connectivity index (χ2n) is 6.88. The van der Waals surface area contributed by atoms with E-state index in [1.807, 2.05) is 10.9 Å². The molecule has 2 aromatic rings. The molecule has 4 rings (SSSR count). The van der Waals surface area contributed by atoms with E-state index in [1.54, 1.807) is 12.1 Å². The molecule has 0 bridgehead atoms. The number of nitrogens with zero attached hydrogens (tertiary/aromatic N) is 2. The highest BCUT2D eigenvalue weighted by Gasteiger charge is 2.24. The van der Waals surface area contributed by atoms with E-state index in [2.05, 4.69) is 15.7 Å². The number of halogens is 1. The predicted octanol–water partition coefficient (Wildman–Crippen LogP) is 2.59. The Balaban J connectivity index is 1.49. The first-order valence-electron chi connectivity index (χ1n) is 9.20. The fraction of sp³-hybridized carbons (Fsp3) is 0.474. The van der Waals surface area contributed by atoms with Crippen molar-refractivity contribution < 1.29 is 13.9 Å². The third-order valence-corrected chi connectivity index (χ3v) is 5.04. The van der Waals surface area contributed by atoms with Crippen LogP contribution in [-0.4, -0.2) is 35.4 Å². The van der Waals surface area contributed by atoms with Crippen LogP contribution in [0.4, 0.5) is 4.39 Å². The molecule has 2 atom stereocenters. The zero-order valence-corrected chi connectivity index (χ0v) is 14.6. The molecule has 26 heavy (non-hydrogen) atoms. The topological polar surface area (TPSA) is 68.2 Å².